The predicted molar refractivity (Wildman–Crippen MR) is 85.3 cm³/mol. The van der Waals surface area contributed by atoms with Gasteiger partial charge in [-0.1, -0.05) is 34.6 Å². The summed E-state index contributed by atoms with van der Waals surface area (Å²) in [4.78, 5) is 24.0. The molecule has 0 bridgehead atoms. The van der Waals surface area contributed by atoms with Crippen molar-refractivity contribution in [2.45, 2.75) is 46.1 Å². The molecule has 0 fully saturated rings. The standard InChI is InChI=1S/C15H24N2O4S/c1-6-17(7-2)22(20,21)12-8-9-14(19)16(10-12)11-13(18)15(3,4)5/h8-10H,6-7,11H2,1-5H3. The zero-order valence-corrected chi connectivity index (χ0v) is 14.6. The van der Waals surface area contributed by atoms with Crippen LogP contribution in [-0.2, 0) is 21.4 Å². The van der Waals surface area contributed by atoms with Gasteiger partial charge in [0.1, 0.15) is 0 Å². The maximum Gasteiger partial charge on any atom is 0.250 e. The largest absolute Gasteiger partial charge is 0.307 e. The first-order chi connectivity index (χ1) is 10.0. The minimum absolute atomic E-state index is 0.0255. The summed E-state index contributed by atoms with van der Waals surface area (Å²) in [6.07, 6.45) is 1.25. The monoisotopic (exact) mass is 328 g/mol. The van der Waals surface area contributed by atoms with Crippen LogP contribution in [0.1, 0.15) is 34.6 Å². The van der Waals surface area contributed by atoms with E-state index in [9.17, 15) is 18.0 Å². The van der Waals surface area contributed by atoms with E-state index in [0.29, 0.717) is 13.1 Å². The molecular weight excluding hydrogens is 304 g/mol. The first-order valence-electron chi connectivity index (χ1n) is 7.28. The molecule has 0 radical (unpaired) electrons. The summed E-state index contributed by atoms with van der Waals surface area (Å²) < 4.78 is 27.4. The van der Waals surface area contributed by atoms with E-state index in [1.165, 1.54) is 22.6 Å². The van der Waals surface area contributed by atoms with Gasteiger partial charge in [0.15, 0.2) is 5.78 Å². The van der Waals surface area contributed by atoms with Crippen LogP contribution in [0.4, 0.5) is 0 Å². The first-order valence-corrected chi connectivity index (χ1v) is 8.72. The predicted octanol–water partition coefficient (Wildman–Crippen LogP) is 1.49. The van der Waals surface area contributed by atoms with Gasteiger partial charge in [-0.25, -0.2) is 8.42 Å². The molecule has 0 aliphatic rings. The van der Waals surface area contributed by atoms with Crippen LogP contribution in [-0.4, -0.2) is 36.2 Å². The van der Waals surface area contributed by atoms with Gasteiger partial charge in [0.25, 0.3) is 5.56 Å². The minimum atomic E-state index is -3.65. The third-order valence-electron chi connectivity index (χ3n) is 3.45. The van der Waals surface area contributed by atoms with E-state index in [4.69, 9.17) is 0 Å². The highest BCUT2D eigenvalue weighted by molar-refractivity contribution is 7.89. The van der Waals surface area contributed by atoms with Crippen molar-refractivity contribution in [1.82, 2.24) is 8.87 Å². The molecule has 1 rings (SSSR count). The van der Waals surface area contributed by atoms with E-state index in [-0.39, 0.29) is 17.2 Å². The van der Waals surface area contributed by atoms with Gasteiger partial charge in [0.05, 0.1) is 11.4 Å². The van der Waals surface area contributed by atoms with Crippen molar-refractivity contribution < 1.29 is 13.2 Å². The van der Waals surface area contributed by atoms with Crippen molar-refractivity contribution in [2.24, 2.45) is 5.41 Å². The van der Waals surface area contributed by atoms with Crippen molar-refractivity contribution in [2.75, 3.05) is 13.1 Å². The average Bonchev–Trinajstić information content (AvgIpc) is 2.40. The molecule has 0 saturated heterocycles. The molecule has 6 nitrogen and oxygen atoms in total. The summed E-state index contributed by atoms with van der Waals surface area (Å²) in [6.45, 7) is 9.34. The lowest BCUT2D eigenvalue weighted by atomic mass is 9.91. The van der Waals surface area contributed by atoms with E-state index in [2.05, 4.69) is 0 Å². The number of carbonyl (C=O) groups excluding carboxylic acids is 1. The summed E-state index contributed by atoms with van der Waals surface area (Å²) in [7, 11) is -3.65. The fourth-order valence-electron chi connectivity index (χ4n) is 1.89. The number of hydrogen-bond acceptors (Lipinski definition) is 4. The molecule has 0 saturated carbocycles. The van der Waals surface area contributed by atoms with E-state index in [0.717, 1.165) is 4.57 Å². The van der Waals surface area contributed by atoms with Gasteiger partial charge in [-0.2, -0.15) is 4.31 Å². The van der Waals surface area contributed by atoms with Gasteiger partial charge in [0.2, 0.25) is 10.0 Å². The Balaban J connectivity index is 3.26. The highest BCUT2D eigenvalue weighted by Gasteiger charge is 2.24. The zero-order valence-electron chi connectivity index (χ0n) is 13.8. The maximum atomic E-state index is 12.5. The Hall–Kier alpha value is -1.47. The lowest BCUT2D eigenvalue weighted by molar-refractivity contribution is -0.126. The molecule has 7 heteroatoms. The van der Waals surface area contributed by atoms with Crippen molar-refractivity contribution >= 4 is 15.8 Å². The number of hydrogen-bond donors (Lipinski definition) is 0. The molecule has 1 aromatic rings. The molecule has 0 N–H and O–H groups in total. The molecular formula is C15H24N2O4S. The first kappa shape index (κ1) is 18.6. The number of pyridine rings is 1. The van der Waals surface area contributed by atoms with Crippen LogP contribution in [0.5, 0.6) is 0 Å². The SMILES string of the molecule is CCN(CC)S(=O)(=O)c1ccc(=O)n(CC(=O)C(C)(C)C)c1. The summed E-state index contributed by atoms with van der Waals surface area (Å²) >= 11 is 0. The van der Waals surface area contributed by atoms with E-state index < -0.39 is 21.0 Å². The molecule has 0 aliphatic heterocycles. The molecule has 0 aliphatic carbocycles. The molecule has 0 spiro atoms. The topological polar surface area (TPSA) is 76.5 Å². The Kier molecular flexibility index (Phi) is 5.70. The fraction of sp³-hybridized carbons (Fsp3) is 0.600. The van der Waals surface area contributed by atoms with Crippen LogP contribution in [0.25, 0.3) is 0 Å². The van der Waals surface area contributed by atoms with Crippen LogP contribution in [0.3, 0.4) is 0 Å². The molecule has 0 aromatic carbocycles. The normalized spacial score (nSPS) is 12.6. The third-order valence-corrected chi connectivity index (χ3v) is 5.48. The Labute approximate surface area is 131 Å². The van der Waals surface area contributed by atoms with E-state index >= 15 is 0 Å². The molecule has 124 valence electrons. The number of ketones is 1. The van der Waals surface area contributed by atoms with Crippen LogP contribution >= 0.6 is 0 Å². The van der Waals surface area contributed by atoms with Gasteiger partial charge in [-0.3, -0.25) is 9.59 Å². The lowest BCUT2D eigenvalue weighted by Crippen LogP contribution is -2.33. The van der Waals surface area contributed by atoms with Gasteiger partial charge in [0, 0.05) is 30.8 Å². The number of Topliss-reactive ketones (excluding diaryl/α,β-unsaturated/α-hetero) is 1. The molecule has 1 aromatic heterocycles. The van der Waals surface area contributed by atoms with Crippen LogP contribution in [0.2, 0.25) is 0 Å². The smallest absolute Gasteiger partial charge is 0.250 e. The minimum Gasteiger partial charge on any atom is -0.307 e. The van der Waals surface area contributed by atoms with Crippen molar-refractivity contribution in [3.8, 4) is 0 Å². The Morgan fingerprint density at radius 2 is 1.73 bits per heavy atom. The highest BCUT2D eigenvalue weighted by Crippen LogP contribution is 2.17. The van der Waals surface area contributed by atoms with Gasteiger partial charge in [-0.15, -0.1) is 0 Å². The molecule has 22 heavy (non-hydrogen) atoms. The van der Waals surface area contributed by atoms with Gasteiger partial charge in [-0.05, 0) is 6.07 Å². The number of carbonyl (C=O) groups is 1. The van der Waals surface area contributed by atoms with Gasteiger partial charge >= 0.3 is 0 Å². The second kappa shape index (κ2) is 6.75. The van der Waals surface area contributed by atoms with E-state index in [1.54, 1.807) is 34.6 Å². The number of aromatic nitrogens is 1. The number of rotatable bonds is 6. The summed E-state index contributed by atoms with van der Waals surface area (Å²) in [5.41, 5.74) is -0.983. The Morgan fingerprint density at radius 1 is 1.18 bits per heavy atom. The van der Waals surface area contributed by atoms with Crippen molar-refractivity contribution in [3.05, 3.63) is 28.7 Å². The zero-order chi connectivity index (χ0) is 17.1. The molecule has 1 heterocycles. The summed E-state index contributed by atoms with van der Waals surface area (Å²) in [5.74, 6) is -0.132. The highest BCUT2D eigenvalue weighted by atomic mass is 32.2. The molecule has 0 atom stereocenters. The fourth-order valence-corrected chi connectivity index (χ4v) is 3.37. The Morgan fingerprint density at radius 3 is 2.18 bits per heavy atom. The van der Waals surface area contributed by atoms with Crippen LogP contribution < -0.4 is 5.56 Å². The van der Waals surface area contributed by atoms with Crippen LogP contribution in [0.15, 0.2) is 28.0 Å². The summed E-state index contributed by atoms with van der Waals surface area (Å²) in [6, 6.07) is 2.47. The maximum absolute atomic E-state index is 12.5. The third kappa shape index (κ3) is 4.04. The second-order valence-electron chi connectivity index (χ2n) is 6.09. The van der Waals surface area contributed by atoms with Gasteiger partial charge < -0.3 is 4.57 Å². The lowest BCUT2D eigenvalue weighted by Gasteiger charge is -2.20. The number of sulfonamides is 1. The van der Waals surface area contributed by atoms with Crippen molar-refractivity contribution in [3.63, 3.8) is 0 Å². The molecule has 0 unspecified atom stereocenters. The molecule has 0 amide bonds. The van der Waals surface area contributed by atoms with Crippen molar-refractivity contribution in [1.29, 1.82) is 0 Å². The van der Waals surface area contributed by atoms with Crippen LogP contribution in [0, 0.1) is 5.41 Å². The Bertz CT molecular complexity index is 695. The second-order valence-corrected chi connectivity index (χ2v) is 8.03. The number of nitrogens with zero attached hydrogens (tertiary/aromatic N) is 2. The summed E-state index contributed by atoms with van der Waals surface area (Å²) in [5, 5.41) is 0. The average molecular weight is 328 g/mol. The quantitative estimate of drug-likeness (QED) is 0.793. The van der Waals surface area contributed by atoms with E-state index in [1.807, 2.05) is 0 Å².